The summed E-state index contributed by atoms with van der Waals surface area (Å²) < 4.78 is 22.9. The zero-order valence-corrected chi connectivity index (χ0v) is 19.9. The second-order valence-corrected chi connectivity index (χ2v) is 7.62. The molecule has 0 aliphatic carbocycles. The molecule has 2 heterocycles. The minimum absolute atomic E-state index is 0.0612. The first-order valence-corrected chi connectivity index (χ1v) is 10.6. The summed E-state index contributed by atoms with van der Waals surface area (Å²) in [5, 5.41) is 10.9. The first-order chi connectivity index (χ1) is 16.4. The van der Waals surface area contributed by atoms with Crippen LogP contribution in [0.15, 0.2) is 35.5 Å². The Kier molecular flexibility index (Phi) is 7.83. The number of pyridine rings is 1. The third-order valence-electron chi connectivity index (χ3n) is 5.74. The number of methoxy groups -OCH3 is 4. The average molecular weight is 472 g/mol. The predicted octanol–water partition coefficient (Wildman–Crippen LogP) is 2.55. The largest absolute Gasteiger partial charge is 0.507 e. The highest BCUT2D eigenvalue weighted by Gasteiger charge is 2.31. The van der Waals surface area contributed by atoms with Crippen molar-refractivity contribution in [2.24, 2.45) is 0 Å². The molecule has 3 aromatic rings. The summed E-state index contributed by atoms with van der Waals surface area (Å²) >= 11 is 0. The van der Waals surface area contributed by atoms with Crippen molar-refractivity contribution in [2.75, 3.05) is 28.4 Å². The molecule has 0 aliphatic heterocycles. The van der Waals surface area contributed by atoms with Gasteiger partial charge in [-0.05, 0) is 19.1 Å². The Balaban J connectivity index is 2.20. The Morgan fingerprint density at radius 1 is 1.15 bits per heavy atom. The predicted molar refractivity (Wildman–Crippen MR) is 124 cm³/mol. The van der Waals surface area contributed by atoms with Gasteiger partial charge in [0.15, 0.2) is 11.5 Å². The van der Waals surface area contributed by atoms with Crippen molar-refractivity contribution in [1.29, 1.82) is 0 Å². The van der Waals surface area contributed by atoms with Crippen LogP contribution in [0.1, 0.15) is 34.9 Å². The first kappa shape index (κ1) is 24.7. The summed E-state index contributed by atoms with van der Waals surface area (Å²) in [5.74, 6) is -0.613. The topological polar surface area (TPSA) is 125 Å². The van der Waals surface area contributed by atoms with E-state index in [0.29, 0.717) is 41.5 Å². The molecule has 0 spiro atoms. The van der Waals surface area contributed by atoms with Gasteiger partial charge < -0.3 is 33.6 Å². The van der Waals surface area contributed by atoms with E-state index in [1.807, 2.05) is 0 Å². The fraction of sp³-hybridized carbons (Fsp3) is 0.375. The van der Waals surface area contributed by atoms with E-state index < -0.39 is 17.4 Å². The smallest absolute Gasteiger partial charge is 0.306 e. The minimum atomic E-state index is -0.867. The molecule has 0 fully saturated rings. The van der Waals surface area contributed by atoms with Crippen LogP contribution in [-0.4, -0.2) is 54.1 Å². The highest BCUT2D eigenvalue weighted by atomic mass is 16.5. The molecule has 0 saturated carbocycles. The number of ether oxygens (including phenoxy) is 4. The molecule has 182 valence electrons. The van der Waals surface area contributed by atoms with Crippen LogP contribution < -0.4 is 19.8 Å². The first-order valence-electron chi connectivity index (χ1n) is 10.6. The van der Waals surface area contributed by atoms with Crippen molar-refractivity contribution in [1.82, 2.24) is 14.5 Å². The van der Waals surface area contributed by atoms with E-state index in [9.17, 15) is 14.7 Å². The quantitative estimate of drug-likeness (QED) is 0.432. The molecule has 0 amide bonds. The highest BCUT2D eigenvalue weighted by Crippen LogP contribution is 2.46. The number of aromatic hydroxyl groups is 1. The summed E-state index contributed by atoms with van der Waals surface area (Å²) in [7, 11) is 5.68. The van der Waals surface area contributed by atoms with Crippen LogP contribution in [0, 0.1) is 6.92 Å². The molecule has 0 aliphatic rings. The molecule has 34 heavy (non-hydrogen) atoms. The van der Waals surface area contributed by atoms with Gasteiger partial charge in [-0.2, -0.15) is 0 Å². The number of hydrogen-bond acceptors (Lipinski definition) is 8. The number of H-pyrrole nitrogens is 1. The summed E-state index contributed by atoms with van der Waals surface area (Å²) in [4.78, 5) is 33.1. The Hall–Kier alpha value is -3.95. The number of benzene rings is 1. The Morgan fingerprint density at radius 3 is 2.47 bits per heavy atom. The van der Waals surface area contributed by atoms with Gasteiger partial charge >= 0.3 is 5.97 Å². The maximum absolute atomic E-state index is 13.7. The zero-order valence-electron chi connectivity index (χ0n) is 19.9. The van der Waals surface area contributed by atoms with Crippen molar-refractivity contribution in [3.05, 3.63) is 63.6 Å². The second kappa shape index (κ2) is 10.8. The number of carbonyl (C=O) groups excluding carboxylic acids is 1. The van der Waals surface area contributed by atoms with Crippen LogP contribution in [0.3, 0.4) is 0 Å². The van der Waals surface area contributed by atoms with Gasteiger partial charge in [0.25, 0.3) is 5.56 Å². The summed E-state index contributed by atoms with van der Waals surface area (Å²) in [6, 6.07) is 4.85. The van der Waals surface area contributed by atoms with Crippen molar-refractivity contribution >= 4 is 5.97 Å². The molecule has 10 nitrogen and oxygen atoms in total. The SMILES string of the molecule is COC(=O)CC(c1ccc(OC)c(OC)c1OC)c1c(O)cc(C)n(CCc2cnc[nH]2)c1=O. The number of aryl methyl sites for hydroxylation is 2. The lowest BCUT2D eigenvalue weighted by Gasteiger charge is -2.23. The van der Waals surface area contributed by atoms with E-state index in [-0.39, 0.29) is 17.7 Å². The van der Waals surface area contributed by atoms with E-state index in [1.54, 1.807) is 36.1 Å². The third-order valence-corrected chi connectivity index (χ3v) is 5.74. The van der Waals surface area contributed by atoms with Crippen LogP contribution in [0.5, 0.6) is 23.0 Å². The molecule has 10 heteroatoms. The van der Waals surface area contributed by atoms with Crippen LogP contribution in [-0.2, 0) is 22.5 Å². The van der Waals surface area contributed by atoms with Gasteiger partial charge in [-0.15, -0.1) is 0 Å². The van der Waals surface area contributed by atoms with Gasteiger partial charge in [-0.25, -0.2) is 4.98 Å². The Morgan fingerprint density at radius 2 is 1.88 bits per heavy atom. The van der Waals surface area contributed by atoms with Crippen molar-refractivity contribution in [3.63, 3.8) is 0 Å². The van der Waals surface area contributed by atoms with Crippen LogP contribution >= 0.6 is 0 Å². The van der Waals surface area contributed by atoms with E-state index in [2.05, 4.69) is 9.97 Å². The van der Waals surface area contributed by atoms with Gasteiger partial charge in [0.05, 0.1) is 46.8 Å². The van der Waals surface area contributed by atoms with E-state index in [0.717, 1.165) is 5.69 Å². The van der Waals surface area contributed by atoms with Crippen LogP contribution in [0.25, 0.3) is 0 Å². The number of carbonyl (C=O) groups is 1. The Bertz CT molecular complexity index is 1200. The number of aromatic nitrogens is 3. The zero-order chi connectivity index (χ0) is 24.8. The summed E-state index contributed by atoms with van der Waals surface area (Å²) in [6.07, 6.45) is 3.60. The molecule has 0 saturated heterocycles. The number of aromatic amines is 1. The number of rotatable bonds is 10. The van der Waals surface area contributed by atoms with Gasteiger partial charge in [-0.3, -0.25) is 9.59 Å². The lowest BCUT2D eigenvalue weighted by Crippen LogP contribution is -2.29. The number of hydrogen-bond donors (Lipinski definition) is 2. The number of esters is 1. The van der Waals surface area contributed by atoms with Gasteiger partial charge in [0.1, 0.15) is 5.75 Å². The fourth-order valence-electron chi connectivity index (χ4n) is 4.04. The number of nitrogens with zero attached hydrogens (tertiary/aromatic N) is 2. The highest BCUT2D eigenvalue weighted by molar-refractivity contribution is 5.72. The molecule has 1 unspecified atom stereocenters. The van der Waals surface area contributed by atoms with Crippen molar-refractivity contribution in [3.8, 4) is 23.0 Å². The minimum Gasteiger partial charge on any atom is -0.507 e. The summed E-state index contributed by atoms with van der Waals surface area (Å²) in [5.41, 5.74) is 1.58. The normalized spacial score (nSPS) is 11.7. The monoisotopic (exact) mass is 471 g/mol. The lowest BCUT2D eigenvalue weighted by molar-refractivity contribution is -0.140. The molecule has 2 N–H and O–H groups in total. The Labute approximate surface area is 197 Å². The average Bonchev–Trinajstić information content (AvgIpc) is 3.35. The van der Waals surface area contributed by atoms with E-state index in [1.165, 1.54) is 34.5 Å². The number of imidazole rings is 1. The van der Waals surface area contributed by atoms with E-state index in [4.69, 9.17) is 18.9 Å². The molecule has 2 aromatic heterocycles. The molecule has 0 radical (unpaired) electrons. The van der Waals surface area contributed by atoms with E-state index >= 15 is 0 Å². The van der Waals surface area contributed by atoms with Crippen molar-refractivity contribution in [2.45, 2.75) is 32.2 Å². The third kappa shape index (κ3) is 4.85. The maximum atomic E-state index is 13.7. The van der Waals surface area contributed by atoms with Gasteiger partial charge in [0.2, 0.25) is 5.75 Å². The van der Waals surface area contributed by atoms with Crippen molar-refractivity contribution < 1.29 is 28.8 Å². The van der Waals surface area contributed by atoms with Crippen LogP contribution in [0.4, 0.5) is 0 Å². The number of nitrogens with one attached hydrogen (secondary N) is 1. The molecule has 1 aromatic carbocycles. The van der Waals surface area contributed by atoms with Gasteiger partial charge in [0, 0.05) is 42.0 Å². The maximum Gasteiger partial charge on any atom is 0.306 e. The second-order valence-electron chi connectivity index (χ2n) is 7.62. The van der Waals surface area contributed by atoms with Gasteiger partial charge in [-0.1, -0.05) is 6.07 Å². The fourth-order valence-corrected chi connectivity index (χ4v) is 4.04. The van der Waals surface area contributed by atoms with Crippen LogP contribution in [0.2, 0.25) is 0 Å². The molecule has 0 bridgehead atoms. The molecular weight excluding hydrogens is 442 g/mol. The lowest BCUT2D eigenvalue weighted by atomic mass is 9.87. The molecule has 1 atom stereocenters. The molecular formula is C24H29N3O7. The summed E-state index contributed by atoms with van der Waals surface area (Å²) in [6.45, 7) is 2.10. The molecule has 3 rings (SSSR count). The standard InChI is InChI=1S/C24H29N3O7/c1-14-10-18(28)21(24(30)27(14)9-8-15-12-25-13-26-15)17(11-20(29)32-3)16-6-7-19(31-2)23(34-5)22(16)33-4/h6-7,10,12-13,17,28H,8-9,11H2,1-5H3,(H,25,26).